The van der Waals surface area contributed by atoms with Crippen LogP contribution in [0.4, 0.5) is 0 Å². The summed E-state index contributed by atoms with van der Waals surface area (Å²) in [5.74, 6) is 2.26. The van der Waals surface area contributed by atoms with Crippen LogP contribution in [0.15, 0.2) is 10.9 Å². The summed E-state index contributed by atoms with van der Waals surface area (Å²) in [6, 6.07) is 0.520. The van der Waals surface area contributed by atoms with E-state index in [2.05, 4.69) is 58.3 Å². The fourth-order valence-electron chi connectivity index (χ4n) is 3.06. The van der Waals surface area contributed by atoms with Gasteiger partial charge in [-0.15, -0.1) is 0 Å². The third-order valence-electron chi connectivity index (χ3n) is 4.42. The molecule has 0 radical (unpaired) electrons. The zero-order valence-corrected chi connectivity index (χ0v) is 13.6. The van der Waals surface area contributed by atoms with Gasteiger partial charge in [0.15, 0.2) is 5.82 Å². The Kier molecular flexibility index (Phi) is 3.99. The Morgan fingerprint density at radius 1 is 1.36 bits per heavy atom. The molecule has 0 aliphatic heterocycles. The molecule has 1 saturated carbocycles. The number of nitrogens with one attached hydrogen (secondary N) is 2. The number of rotatable bonds is 4. The number of hydrogen-bond acceptors (Lipinski definition) is 6. The van der Waals surface area contributed by atoms with Crippen molar-refractivity contribution in [2.75, 3.05) is 0 Å². The summed E-state index contributed by atoms with van der Waals surface area (Å²) in [5.41, 5.74) is -0.0203. The zero-order chi connectivity index (χ0) is 15.7. The van der Waals surface area contributed by atoms with E-state index in [4.69, 9.17) is 4.52 Å². The van der Waals surface area contributed by atoms with Crippen molar-refractivity contribution in [3.63, 3.8) is 0 Å². The molecule has 0 spiro atoms. The maximum Gasteiger partial charge on any atom is 0.244 e. The molecule has 7 nitrogen and oxygen atoms in total. The fourth-order valence-corrected chi connectivity index (χ4v) is 3.06. The Bertz CT molecular complexity index is 600. The van der Waals surface area contributed by atoms with Gasteiger partial charge in [-0.1, -0.05) is 39.3 Å². The minimum absolute atomic E-state index is 0.0159. The van der Waals surface area contributed by atoms with Crippen LogP contribution >= 0.6 is 0 Å². The van der Waals surface area contributed by atoms with Crippen molar-refractivity contribution in [2.24, 2.45) is 11.3 Å². The maximum atomic E-state index is 5.51. The van der Waals surface area contributed by atoms with Crippen LogP contribution in [0.1, 0.15) is 58.9 Å². The third-order valence-corrected chi connectivity index (χ3v) is 4.42. The molecule has 22 heavy (non-hydrogen) atoms. The standard InChI is InChI=1S/C15H24N6O/c1-9-6-5-7-10(9)18-11(15(2,3)4)14-19-13(21-22-14)12-16-8-17-20-12/h8-11,18H,5-7H2,1-4H3,(H,16,17,20). The van der Waals surface area contributed by atoms with Crippen molar-refractivity contribution < 1.29 is 4.52 Å². The predicted molar refractivity (Wildman–Crippen MR) is 81.8 cm³/mol. The van der Waals surface area contributed by atoms with Crippen LogP contribution in [0, 0.1) is 11.3 Å². The summed E-state index contributed by atoms with van der Waals surface area (Å²) < 4.78 is 5.51. The van der Waals surface area contributed by atoms with Gasteiger partial charge in [0.2, 0.25) is 11.7 Å². The summed E-state index contributed by atoms with van der Waals surface area (Å²) in [6.45, 7) is 8.85. The normalized spacial score (nSPS) is 23.8. The molecule has 0 aromatic carbocycles. The molecule has 1 aliphatic rings. The lowest BCUT2D eigenvalue weighted by molar-refractivity contribution is 0.187. The minimum atomic E-state index is -0.0203. The van der Waals surface area contributed by atoms with E-state index in [-0.39, 0.29) is 11.5 Å². The highest BCUT2D eigenvalue weighted by molar-refractivity contribution is 5.39. The van der Waals surface area contributed by atoms with Gasteiger partial charge in [0, 0.05) is 6.04 Å². The molecule has 0 saturated heterocycles. The first kappa shape index (κ1) is 15.1. The summed E-state index contributed by atoms with van der Waals surface area (Å²) in [7, 11) is 0. The van der Waals surface area contributed by atoms with Crippen LogP contribution in [0.2, 0.25) is 0 Å². The Balaban J connectivity index is 1.83. The molecule has 0 bridgehead atoms. The molecule has 2 aromatic heterocycles. The Hall–Kier alpha value is -1.76. The first-order valence-corrected chi connectivity index (χ1v) is 7.90. The van der Waals surface area contributed by atoms with Crippen molar-refractivity contribution in [1.82, 2.24) is 30.6 Å². The molecule has 0 amide bonds. The Morgan fingerprint density at radius 2 is 2.18 bits per heavy atom. The van der Waals surface area contributed by atoms with Crippen LogP contribution in [0.25, 0.3) is 11.6 Å². The first-order chi connectivity index (χ1) is 10.4. The highest BCUT2D eigenvalue weighted by Crippen LogP contribution is 2.36. The van der Waals surface area contributed by atoms with Crippen LogP contribution in [0.3, 0.4) is 0 Å². The van der Waals surface area contributed by atoms with Crippen LogP contribution < -0.4 is 5.32 Å². The molecule has 2 aromatic rings. The van der Waals surface area contributed by atoms with Crippen LogP contribution in [0.5, 0.6) is 0 Å². The van der Waals surface area contributed by atoms with E-state index >= 15 is 0 Å². The highest BCUT2D eigenvalue weighted by atomic mass is 16.5. The lowest BCUT2D eigenvalue weighted by atomic mass is 9.85. The summed E-state index contributed by atoms with van der Waals surface area (Å²) in [6.07, 6.45) is 5.20. The van der Waals surface area contributed by atoms with Gasteiger partial charge in [0.05, 0.1) is 6.04 Å². The van der Waals surface area contributed by atoms with Crippen LogP contribution in [-0.2, 0) is 0 Å². The lowest BCUT2D eigenvalue weighted by Gasteiger charge is -2.32. The second-order valence-electron chi connectivity index (χ2n) is 7.27. The van der Waals surface area contributed by atoms with Gasteiger partial charge in [-0.25, -0.2) is 4.98 Å². The van der Waals surface area contributed by atoms with E-state index in [0.717, 1.165) is 0 Å². The molecule has 1 fully saturated rings. The summed E-state index contributed by atoms with van der Waals surface area (Å²) in [4.78, 5) is 8.58. The minimum Gasteiger partial charge on any atom is -0.337 e. The van der Waals surface area contributed by atoms with E-state index in [1.54, 1.807) is 0 Å². The second kappa shape index (κ2) is 5.79. The molecule has 3 rings (SSSR count). The summed E-state index contributed by atoms with van der Waals surface area (Å²) in [5, 5.41) is 14.3. The number of nitrogens with zero attached hydrogens (tertiary/aromatic N) is 4. The molecule has 3 atom stereocenters. The lowest BCUT2D eigenvalue weighted by Crippen LogP contribution is -2.40. The van der Waals surface area contributed by atoms with E-state index < -0.39 is 0 Å². The molecular weight excluding hydrogens is 280 g/mol. The van der Waals surface area contributed by atoms with Crippen molar-refractivity contribution >= 4 is 0 Å². The number of aromatic nitrogens is 5. The molecule has 1 aliphatic carbocycles. The fraction of sp³-hybridized carbons (Fsp3) is 0.733. The molecule has 7 heteroatoms. The quantitative estimate of drug-likeness (QED) is 0.902. The van der Waals surface area contributed by atoms with Crippen molar-refractivity contribution in [1.29, 1.82) is 0 Å². The van der Waals surface area contributed by atoms with Gasteiger partial charge in [-0.05, 0) is 24.2 Å². The Morgan fingerprint density at radius 3 is 2.77 bits per heavy atom. The maximum absolute atomic E-state index is 5.51. The van der Waals surface area contributed by atoms with Gasteiger partial charge in [0.25, 0.3) is 0 Å². The Labute approximate surface area is 130 Å². The van der Waals surface area contributed by atoms with Crippen LogP contribution in [-0.4, -0.2) is 31.4 Å². The highest BCUT2D eigenvalue weighted by Gasteiger charge is 2.35. The third kappa shape index (κ3) is 3.04. The van der Waals surface area contributed by atoms with Crippen molar-refractivity contribution in [3.8, 4) is 11.6 Å². The largest absolute Gasteiger partial charge is 0.337 e. The van der Waals surface area contributed by atoms with Gasteiger partial charge < -0.3 is 9.84 Å². The zero-order valence-electron chi connectivity index (χ0n) is 13.6. The number of H-pyrrole nitrogens is 1. The van der Waals surface area contributed by atoms with E-state index in [9.17, 15) is 0 Å². The predicted octanol–water partition coefficient (Wildman–Crippen LogP) is 2.72. The number of aromatic amines is 1. The van der Waals surface area contributed by atoms with Crippen molar-refractivity contribution in [2.45, 2.75) is 59.0 Å². The number of hydrogen-bond donors (Lipinski definition) is 2. The first-order valence-electron chi connectivity index (χ1n) is 7.90. The van der Waals surface area contributed by atoms with Gasteiger partial charge in [-0.2, -0.15) is 10.1 Å². The van der Waals surface area contributed by atoms with Crippen molar-refractivity contribution in [3.05, 3.63) is 12.2 Å². The SMILES string of the molecule is CC1CCCC1NC(c1nc(-c2ncn[nH]2)no1)C(C)(C)C. The van der Waals surface area contributed by atoms with E-state index in [1.807, 2.05) is 0 Å². The van der Waals surface area contributed by atoms with Gasteiger partial charge in [0.1, 0.15) is 6.33 Å². The average molecular weight is 304 g/mol. The molecule has 3 unspecified atom stereocenters. The molecule has 120 valence electrons. The molecular formula is C15H24N6O. The molecule has 2 heterocycles. The monoisotopic (exact) mass is 304 g/mol. The van der Waals surface area contributed by atoms with Gasteiger partial charge >= 0.3 is 0 Å². The topological polar surface area (TPSA) is 92.5 Å². The van der Waals surface area contributed by atoms with Gasteiger partial charge in [-0.3, -0.25) is 5.10 Å². The molecule has 2 N–H and O–H groups in total. The second-order valence-corrected chi connectivity index (χ2v) is 7.27. The summed E-state index contributed by atoms with van der Waals surface area (Å²) >= 11 is 0. The van der Waals surface area contributed by atoms with E-state index in [0.29, 0.717) is 29.5 Å². The smallest absolute Gasteiger partial charge is 0.244 e. The van der Waals surface area contributed by atoms with E-state index in [1.165, 1.54) is 25.6 Å². The average Bonchev–Trinajstić information content (AvgIpc) is 3.16.